The molecule has 0 radical (unpaired) electrons. The second-order valence-electron chi connectivity index (χ2n) is 3.44. The van der Waals surface area contributed by atoms with Crippen LogP contribution in [0.15, 0.2) is 35.2 Å². The Kier molecular flexibility index (Phi) is 3.47. The number of methoxy groups -OCH3 is 2. The number of benzene rings is 1. The monoisotopic (exact) mass is 248 g/mol. The third-order valence-electron chi connectivity index (χ3n) is 2.34. The first-order valence-corrected chi connectivity index (χ1v) is 5.17. The number of amides is 1. The van der Waals surface area contributed by atoms with E-state index in [4.69, 9.17) is 9.47 Å². The summed E-state index contributed by atoms with van der Waals surface area (Å²) in [5.41, 5.74) is 0.948. The number of nitrogens with zero attached hydrogens (tertiary/aromatic N) is 1. The van der Waals surface area contributed by atoms with Crippen molar-refractivity contribution in [3.63, 3.8) is 0 Å². The van der Waals surface area contributed by atoms with Crippen molar-refractivity contribution in [3.8, 4) is 11.5 Å². The number of ether oxygens (including phenoxy) is 2. The van der Waals surface area contributed by atoms with Gasteiger partial charge in [0.15, 0.2) is 11.5 Å². The molecule has 1 heterocycles. The maximum atomic E-state index is 11.7. The van der Waals surface area contributed by atoms with Crippen molar-refractivity contribution in [1.82, 2.24) is 5.16 Å². The van der Waals surface area contributed by atoms with E-state index in [0.29, 0.717) is 22.7 Å². The average molecular weight is 248 g/mol. The molecule has 2 aromatic rings. The van der Waals surface area contributed by atoms with Crippen LogP contribution < -0.4 is 14.8 Å². The van der Waals surface area contributed by atoms with Crippen LogP contribution in [0.2, 0.25) is 0 Å². The summed E-state index contributed by atoms with van der Waals surface area (Å²) < 4.78 is 14.8. The molecule has 6 heteroatoms. The van der Waals surface area contributed by atoms with Crippen LogP contribution in [0.4, 0.5) is 5.69 Å². The summed E-state index contributed by atoms with van der Waals surface area (Å²) in [5.74, 6) is 0.838. The lowest BCUT2D eigenvalue weighted by Gasteiger charge is -2.09. The van der Waals surface area contributed by atoms with Crippen LogP contribution in [0, 0.1) is 0 Å². The van der Waals surface area contributed by atoms with Gasteiger partial charge in [-0.15, -0.1) is 0 Å². The van der Waals surface area contributed by atoms with Crippen LogP contribution in [-0.2, 0) is 0 Å². The van der Waals surface area contributed by atoms with Crippen molar-refractivity contribution in [2.45, 2.75) is 0 Å². The van der Waals surface area contributed by atoms with Crippen LogP contribution in [0.25, 0.3) is 0 Å². The smallest absolute Gasteiger partial charge is 0.260 e. The van der Waals surface area contributed by atoms with Gasteiger partial charge in [-0.1, -0.05) is 5.16 Å². The summed E-state index contributed by atoms with van der Waals surface area (Å²) in [4.78, 5) is 11.7. The summed E-state index contributed by atoms with van der Waals surface area (Å²) in [7, 11) is 3.08. The quantitative estimate of drug-likeness (QED) is 0.895. The Balaban J connectivity index is 2.17. The Morgan fingerprint density at radius 3 is 2.67 bits per heavy atom. The Morgan fingerprint density at radius 2 is 2.06 bits per heavy atom. The molecule has 0 aliphatic heterocycles. The molecular formula is C12H12N2O4. The number of anilines is 1. The molecule has 0 atom stereocenters. The number of hydrogen-bond acceptors (Lipinski definition) is 5. The molecule has 0 fully saturated rings. The van der Waals surface area contributed by atoms with E-state index in [0.717, 1.165) is 0 Å². The van der Waals surface area contributed by atoms with Crippen molar-refractivity contribution >= 4 is 11.6 Å². The highest BCUT2D eigenvalue weighted by Crippen LogP contribution is 2.29. The maximum absolute atomic E-state index is 11.7. The fraction of sp³-hybridized carbons (Fsp3) is 0.167. The highest BCUT2D eigenvalue weighted by atomic mass is 16.5. The summed E-state index contributed by atoms with van der Waals surface area (Å²) in [6.45, 7) is 0. The van der Waals surface area contributed by atoms with Crippen molar-refractivity contribution in [2.75, 3.05) is 19.5 Å². The maximum Gasteiger partial charge on any atom is 0.260 e. The van der Waals surface area contributed by atoms with E-state index in [2.05, 4.69) is 15.0 Å². The van der Waals surface area contributed by atoms with Crippen LogP contribution >= 0.6 is 0 Å². The standard InChI is InChI=1S/C12H12N2O4/c1-16-10-4-3-9(5-11(10)17-2)14-12(15)8-6-13-18-7-8/h3-7H,1-2H3,(H,14,15). The van der Waals surface area contributed by atoms with Gasteiger partial charge < -0.3 is 19.3 Å². The van der Waals surface area contributed by atoms with Gasteiger partial charge in [0.2, 0.25) is 0 Å². The number of carbonyl (C=O) groups excluding carboxylic acids is 1. The van der Waals surface area contributed by atoms with E-state index in [9.17, 15) is 4.79 Å². The predicted molar refractivity (Wildman–Crippen MR) is 64.0 cm³/mol. The number of rotatable bonds is 4. The molecule has 0 unspecified atom stereocenters. The van der Waals surface area contributed by atoms with E-state index < -0.39 is 0 Å². The minimum atomic E-state index is -0.302. The first kappa shape index (κ1) is 12.0. The van der Waals surface area contributed by atoms with Gasteiger partial charge in [0.25, 0.3) is 5.91 Å². The van der Waals surface area contributed by atoms with Gasteiger partial charge in [0.1, 0.15) is 6.26 Å². The largest absolute Gasteiger partial charge is 0.493 e. The third-order valence-corrected chi connectivity index (χ3v) is 2.34. The second-order valence-corrected chi connectivity index (χ2v) is 3.44. The normalized spacial score (nSPS) is 9.89. The minimum Gasteiger partial charge on any atom is -0.493 e. The summed E-state index contributed by atoms with van der Waals surface area (Å²) in [6, 6.07) is 5.10. The lowest BCUT2D eigenvalue weighted by molar-refractivity contribution is 0.102. The Labute approximate surface area is 103 Å². The number of nitrogens with one attached hydrogen (secondary N) is 1. The predicted octanol–water partition coefficient (Wildman–Crippen LogP) is 1.94. The van der Waals surface area contributed by atoms with E-state index in [1.807, 2.05) is 0 Å². The Hall–Kier alpha value is -2.50. The van der Waals surface area contributed by atoms with Crippen molar-refractivity contribution in [3.05, 3.63) is 36.2 Å². The lowest BCUT2D eigenvalue weighted by atomic mass is 10.2. The molecule has 2 rings (SSSR count). The van der Waals surface area contributed by atoms with Crippen molar-refractivity contribution in [1.29, 1.82) is 0 Å². The average Bonchev–Trinajstić information content (AvgIpc) is 2.92. The molecule has 0 spiro atoms. The fourth-order valence-electron chi connectivity index (χ4n) is 1.43. The molecule has 0 aliphatic carbocycles. The molecular weight excluding hydrogens is 236 g/mol. The Bertz CT molecular complexity index is 537. The van der Waals surface area contributed by atoms with E-state index in [1.165, 1.54) is 19.6 Å². The van der Waals surface area contributed by atoms with Gasteiger partial charge >= 0.3 is 0 Å². The van der Waals surface area contributed by atoms with Gasteiger partial charge in [-0.2, -0.15) is 0 Å². The van der Waals surface area contributed by atoms with Crippen molar-refractivity contribution < 1.29 is 18.8 Å². The van der Waals surface area contributed by atoms with E-state index >= 15 is 0 Å². The van der Waals surface area contributed by atoms with Crippen LogP contribution in [-0.4, -0.2) is 25.3 Å². The zero-order chi connectivity index (χ0) is 13.0. The first-order valence-electron chi connectivity index (χ1n) is 5.17. The van der Waals surface area contributed by atoms with Crippen LogP contribution in [0.3, 0.4) is 0 Å². The van der Waals surface area contributed by atoms with Crippen LogP contribution in [0.1, 0.15) is 10.4 Å². The van der Waals surface area contributed by atoms with Crippen molar-refractivity contribution in [2.24, 2.45) is 0 Å². The molecule has 18 heavy (non-hydrogen) atoms. The van der Waals surface area contributed by atoms with Gasteiger partial charge in [0.05, 0.1) is 26.0 Å². The third kappa shape index (κ3) is 2.42. The molecule has 0 saturated heterocycles. The zero-order valence-corrected chi connectivity index (χ0v) is 9.97. The molecule has 1 aromatic heterocycles. The molecule has 6 nitrogen and oxygen atoms in total. The molecule has 94 valence electrons. The lowest BCUT2D eigenvalue weighted by Crippen LogP contribution is -2.10. The number of hydrogen-bond donors (Lipinski definition) is 1. The highest BCUT2D eigenvalue weighted by Gasteiger charge is 2.10. The second kappa shape index (κ2) is 5.22. The summed E-state index contributed by atoms with van der Waals surface area (Å²) in [5, 5.41) is 6.16. The molecule has 1 amide bonds. The Morgan fingerprint density at radius 1 is 1.28 bits per heavy atom. The van der Waals surface area contributed by atoms with Gasteiger partial charge in [-0.3, -0.25) is 4.79 Å². The molecule has 1 N–H and O–H groups in total. The van der Waals surface area contributed by atoms with E-state index in [1.54, 1.807) is 25.3 Å². The summed E-state index contributed by atoms with van der Waals surface area (Å²) in [6.07, 6.45) is 2.62. The number of carbonyl (C=O) groups is 1. The molecule has 0 aliphatic rings. The van der Waals surface area contributed by atoms with Gasteiger partial charge in [-0.25, -0.2) is 0 Å². The minimum absolute atomic E-state index is 0.302. The highest BCUT2D eigenvalue weighted by molar-refractivity contribution is 6.03. The SMILES string of the molecule is COc1ccc(NC(=O)c2cnoc2)cc1OC. The zero-order valence-electron chi connectivity index (χ0n) is 9.97. The first-order chi connectivity index (χ1) is 8.74. The van der Waals surface area contributed by atoms with Crippen LogP contribution in [0.5, 0.6) is 11.5 Å². The van der Waals surface area contributed by atoms with E-state index in [-0.39, 0.29) is 5.91 Å². The molecule has 0 saturated carbocycles. The molecule has 0 bridgehead atoms. The van der Waals surface area contributed by atoms with Gasteiger partial charge in [0, 0.05) is 11.8 Å². The van der Waals surface area contributed by atoms with Gasteiger partial charge in [-0.05, 0) is 12.1 Å². The fourth-order valence-corrected chi connectivity index (χ4v) is 1.43. The summed E-state index contributed by atoms with van der Waals surface area (Å²) >= 11 is 0. The number of aromatic nitrogens is 1. The topological polar surface area (TPSA) is 73.6 Å². The molecule has 1 aromatic carbocycles.